The first-order valence-corrected chi connectivity index (χ1v) is 8.09. The van der Waals surface area contributed by atoms with Crippen molar-refractivity contribution in [3.63, 3.8) is 0 Å². The third-order valence-electron chi connectivity index (χ3n) is 3.27. The number of hydrogen-bond donors (Lipinski definition) is 1. The summed E-state index contributed by atoms with van der Waals surface area (Å²) in [7, 11) is 1.60. The lowest BCUT2D eigenvalue weighted by Gasteiger charge is -2.17. The first kappa shape index (κ1) is 15.9. The molecule has 1 heterocycles. The van der Waals surface area contributed by atoms with Crippen LogP contribution in [0.4, 0.5) is 0 Å². The number of aliphatic hydroxyl groups excluding tert-OH is 1. The van der Waals surface area contributed by atoms with Crippen molar-refractivity contribution in [3.8, 4) is 5.75 Å². The number of methoxy groups -OCH3 is 1. The van der Waals surface area contributed by atoms with E-state index in [4.69, 9.17) is 4.74 Å². The second-order valence-electron chi connectivity index (χ2n) is 5.04. The smallest absolute Gasteiger partial charge is 0.163 e. The second-order valence-corrected chi connectivity index (χ2v) is 6.38. The molecule has 21 heavy (non-hydrogen) atoms. The zero-order chi connectivity index (χ0) is 15.4. The monoisotopic (exact) mass is 306 g/mol. The molecule has 0 aliphatic carbocycles. The van der Waals surface area contributed by atoms with Gasteiger partial charge in [0, 0.05) is 10.9 Å². The fourth-order valence-corrected chi connectivity index (χ4v) is 2.92. The summed E-state index contributed by atoms with van der Waals surface area (Å²) in [5, 5.41) is 15.0. The van der Waals surface area contributed by atoms with Crippen LogP contribution >= 0.6 is 11.8 Å². The summed E-state index contributed by atoms with van der Waals surface area (Å²) >= 11 is 1.79. The highest BCUT2D eigenvalue weighted by Crippen LogP contribution is 2.32. The van der Waals surface area contributed by atoms with Gasteiger partial charge in [0.1, 0.15) is 11.8 Å². The molecule has 0 fully saturated rings. The molecule has 2 aromatic rings. The third kappa shape index (κ3) is 3.41. The summed E-state index contributed by atoms with van der Waals surface area (Å²) in [4.78, 5) is 1.21. The van der Waals surface area contributed by atoms with Crippen molar-refractivity contribution in [2.75, 3.05) is 12.9 Å². The number of rotatable bonds is 6. The van der Waals surface area contributed by atoms with Gasteiger partial charge in [-0.1, -0.05) is 19.1 Å². The number of aliphatic hydroxyl groups is 1. The molecule has 1 aromatic heterocycles. The number of benzene rings is 1. The van der Waals surface area contributed by atoms with Crippen molar-refractivity contribution in [3.05, 3.63) is 41.7 Å². The molecule has 0 aliphatic rings. The number of aromatic nitrogens is 2. The molecule has 2 rings (SSSR count). The number of nitrogens with zero attached hydrogens (tertiary/aromatic N) is 2. The molecule has 0 aliphatic heterocycles. The fourth-order valence-electron chi connectivity index (χ4n) is 2.26. The fraction of sp³-hybridized carbons (Fsp3) is 0.438. The van der Waals surface area contributed by atoms with E-state index < -0.39 is 6.10 Å². The van der Waals surface area contributed by atoms with Gasteiger partial charge in [-0.05, 0) is 37.3 Å². The maximum atomic E-state index is 10.7. The molecule has 0 bridgehead atoms. The maximum absolute atomic E-state index is 10.7. The third-order valence-corrected chi connectivity index (χ3v) is 4.17. The highest BCUT2D eigenvalue weighted by Gasteiger charge is 2.22. The van der Waals surface area contributed by atoms with Crippen molar-refractivity contribution < 1.29 is 9.84 Å². The van der Waals surface area contributed by atoms with Gasteiger partial charge in [0.2, 0.25) is 0 Å². The van der Waals surface area contributed by atoms with Gasteiger partial charge >= 0.3 is 0 Å². The number of thioether (sulfide) groups is 1. The molecule has 1 aromatic carbocycles. The normalized spacial score (nSPS) is 12.7. The predicted octanol–water partition coefficient (Wildman–Crippen LogP) is 3.67. The van der Waals surface area contributed by atoms with Gasteiger partial charge in [0.25, 0.3) is 0 Å². The van der Waals surface area contributed by atoms with Crippen LogP contribution in [0.3, 0.4) is 0 Å². The van der Waals surface area contributed by atoms with Crippen LogP contribution in [0.25, 0.3) is 0 Å². The van der Waals surface area contributed by atoms with Gasteiger partial charge in [0.05, 0.1) is 13.3 Å². The van der Waals surface area contributed by atoms with Crippen LogP contribution in [0.15, 0.2) is 35.4 Å². The molecule has 1 unspecified atom stereocenters. The van der Waals surface area contributed by atoms with E-state index in [2.05, 4.69) is 12.0 Å². The molecule has 0 saturated carbocycles. The van der Waals surface area contributed by atoms with Crippen molar-refractivity contribution in [1.82, 2.24) is 9.78 Å². The molecule has 0 saturated heterocycles. The SMILES string of the molecule is CCSc1ccc(C(O)c2c(OC)cnn2C(C)C)cc1. The van der Waals surface area contributed by atoms with E-state index in [9.17, 15) is 5.11 Å². The molecule has 114 valence electrons. The van der Waals surface area contributed by atoms with Crippen molar-refractivity contribution in [2.24, 2.45) is 0 Å². The predicted molar refractivity (Wildman–Crippen MR) is 86.1 cm³/mol. The Morgan fingerprint density at radius 2 is 1.95 bits per heavy atom. The minimum absolute atomic E-state index is 0.161. The van der Waals surface area contributed by atoms with E-state index >= 15 is 0 Å². The van der Waals surface area contributed by atoms with Crippen LogP contribution in [-0.2, 0) is 0 Å². The average molecular weight is 306 g/mol. The Labute approximate surface area is 130 Å². The first-order valence-electron chi connectivity index (χ1n) is 7.10. The first-order chi connectivity index (χ1) is 10.1. The topological polar surface area (TPSA) is 47.3 Å². The van der Waals surface area contributed by atoms with Gasteiger partial charge in [0.15, 0.2) is 5.75 Å². The standard InChI is InChI=1S/C16H22N2O2S/c1-5-21-13-8-6-12(7-9-13)16(19)15-14(20-4)10-17-18(15)11(2)3/h6-11,16,19H,5H2,1-4H3. The molecule has 0 radical (unpaired) electrons. The van der Waals surface area contributed by atoms with E-state index in [0.29, 0.717) is 11.4 Å². The number of hydrogen-bond acceptors (Lipinski definition) is 4. The average Bonchev–Trinajstić information content (AvgIpc) is 2.91. The van der Waals surface area contributed by atoms with Crippen molar-refractivity contribution in [1.29, 1.82) is 0 Å². The summed E-state index contributed by atoms with van der Waals surface area (Å²) in [5.41, 5.74) is 1.54. The van der Waals surface area contributed by atoms with E-state index in [1.54, 1.807) is 29.8 Å². The summed E-state index contributed by atoms with van der Waals surface area (Å²) in [6, 6.07) is 8.15. The van der Waals surface area contributed by atoms with Gasteiger partial charge in [-0.3, -0.25) is 4.68 Å². The van der Waals surface area contributed by atoms with Crippen LogP contribution in [0.2, 0.25) is 0 Å². The zero-order valence-electron chi connectivity index (χ0n) is 12.9. The highest BCUT2D eigenvalue weighted by molar-refractivity contribution is 7.99. The molecule has 4 nitrogen and oxygen atoms in total. The molecule has 0 spiro atoms. The van der Waals surface area contributed by atoms with Gasteiger partial charge < -0.3 is 9.84 Å². The van der Waals surface area contributed by atoms with Crippen molar-refractivity contribution in [2.45, 2.75) is 37.8 Å². The van der Waals surface area contributed by atoms with Gasteiger partial charge in [-0.25, -0.2) is 0 Å². The Hall–Kier alpha value is -1.46. The summed E-state index contributed by atoms with van der Waals surface area (Å²) in [6.07, 6.45) is 0.908. The van der Waals surface area contributed by atoms with Crippen LogP contribution in [-0.4, -0.2) is 27.7 Å². The van der Waals surface area contributed by atoms with Gasteiger partial charge in [-0.2, -0.15) is 5.10 Å². The second kappa shape index (κ2) is 7.00. The lowest BCUT2D eigenvalue weighted by molar-refractivity contribution is 0.199. The van der Waals surface area contributed by atoms with E-state index in [0.717, 1.165) is 11.3 Å². The van der Waals surface area contributed by atoms with Crippen LogP contribution < -0.4 is 4.74 Å². The largest absolute Gasteiger partial charge is 0.493 e. The molecular formula is C16H22N2O2S. The Morgan fingerprint density at radius 1 is 1.29 bits per heavy atom. The summed E-state index contributed by atoms with van der Waals surface area (Å²) in [5.74, 6) is 1.65. The lowest BCUT2D eigenvalue weighted by atomic mass is 10.1. The Kier molecular flexibility index (Phi) is 5.31. The van der Waals surface area contributed by atoms with Crippen molar-refractivity contribution >= 4 is 11.8 Å². The minimum atomic E-state index is -0.745. The highest BCUT2D eigenvalue weighted by atomic mass is 32.2. The molecule has 1 N–H and O–H groups in total. The molecular weight excluding hydrogens is 284 g/mol. The Balaban J connectivity index is 2.34. The summed E-state index contributed by atoms with van der Waals surface area (Å²) in [6.45, 7) is 6.19. The molecule has 5 heteroatoms. The van der Waals surface area contributed by atoms with E-state index in [-0.39, 0.29) is 6.04 Å². The van der Waals surface area contributed by atoms with E-state index in [1.165, 1.54) is 4.90 Å². The van der Waals surface area contributed by atoms with E-state index in [1.807, 2.05) is 38.1 Å². The molecule has 1 atom stereocenters. The maximum Gasteiger partial charge on any atom is 0.163 e. The Morgan fingerprint density at radius 3 is 2.48 bits per heavy atom. The minimum Gasteiger partial charge on any atom is -0.493 e. The Bertz CT molecular complexity index is 578. The lowest BCUT2D eigenvalue weighted by Crippen LogP contribution is -2.13. The van der Waals surface area contributed by atoms with Gasteiger partial charge in [-0.15, -0.1) is 11.8 Å². The van der Waals surface area contributed by atoms with Crippen LogP contribution in [0, 0.1) is 0 Å². The van der Waals surface area contributed by atoms with Crippen LogP contribution in [0.1, 0.15) is 44.2 Å². The van der Waals surface area contributed by atoms with Crippen LogP contribution in [0.5, 0.6) is 5.75 Å². The summed E-state index contributed by atoms with van der Waals surface area (Å²) < 4.78 is 7.14. The molecule has 0 amide bonds. The zero-order valence-corrected chi connectivity index (χ0v) is 13.7. The quantitative estimate of drug-likeness (QED) is 0.827. The number of ether oxygens (including phenoxy) is 1.